The predicted molar refractivity (Wildman–Crippen MR) is 77.7 cm³/mol. The summed E-state index contributed by atoms with van der Waals surface area (Å²) in [7, 11) is -4.96. The molecule has 10 heteroatoms. The van der Waals surface area contributed by atoms with E-state index in [2.05, 4.69) is 20.7 Å². The van der Waals surface area contributed by atoms with Crippen LogP contribution in [-0.2, 0) is 20.8 Å². The van der Waals surface area contributed by atoms with Crippen molar-refractivity contribution < 1.29 is 22.5 Å². The third-order valence-corrected chi connectivity index (χ3v) is 6.80. The quantitative estimate of drug-likeness (QED) is 0.762. The molecule has 0 aromatic carbocycles. The van der Waals surface area contributed by atoms with Crippen LogP contribution in [0.3, 0.4) is 0 Å². The molecule has 19 heavy (non-hydrogen) atoms. The van der Waals surface area contributed by atoms with Crippen LogP contribution in [0.15, 0.2) is 14.7 Å². The smallest absolute Gasteiger partial charge is 0.345 e. The van der Waals surface area contributed by atoms with E-state index in [1.54, 1.807) is 6.92 Å². The van der Waals surface area contributed by atoms with Gasteiger partial charge in [0.15, 0.2) is 0 Å². The lowest BCUT2D eigenvalue weighted by Gasteiger charge is -2.12. The minimum absolute atomic E-state index is 0.0704. The van der Waals surface area contributed by atoms with Gasteiger partial charge in [-0.2, -0.15) is 0 Å². The number of hydrogen-bond acceptors (Lipinski definition) is 5. The zero-order valence-corrected chi connectivity index (χ0v) is 14.1. The molecule has 0 saturated carbocycles. The summed E-state index contributed by atoms with van der Waals surface area (Å²) >= 11 is 3.87. The molecule has 1 aromatic heterocycles. The Hall–Kier alpha value is -0.290. The summed E-state index contributed by atoms with van der Waals surface area (Å²) in [5.74, 6) is -0.998. The van der Waals surface area contributed by atoms with Crippen LogP contribution in [0, 0.1) is 0 Å². The zero-order chi connectivity index (χ0) is 14.8. The Morgan fingerprint density at radius 2 is 2.21 bits per heavy atom. The molecule has 0 aliphatic carbocycles. The molecule has 2 unspecified atom stereocenters. The van der Waals surface area contributed by atoms with Gasteiger partial charge < -0.3 is 5.11 Å². The van der Waals surface area contributed by atoms with Gasteiger partial charge >= 0.3 is 5.97 Å². The van der Waals surface area contributed by atoms with Crippen molar-refractivity contribution in [3.63, 3.8) is 0 Å². The van der Waals surface area contributed by atoms with Gasteiger partial charge in [0.1, 0.15) is 9.77 Å². The molecule has 0 spiro atoms. The van der Waals surface area contributed by atoms with Gasteiger partial charge in [-0.3, -0.25) is 4.21 Å². The molecular formula is C9H12BrNO5S3. The third kappa shape index (κ3) is 4.63. The van der Waals surface area contributed by atoms with Crippen LogP contribution in [0.4, 0.5) is 0 Å². The Bertz CT molecular complexity index is 609. The molecule has 0 bridgehead atoms. The summed E-state index contributed by atoms with van der Waals surface area (Å²) < 4.78 is 37.7. The molecular weight excluding hydrogens is 378 g/mol. The summed E-state index contributed by atoms with van der Waals surface area (Å²) in [6.07, 6.45) is 1.48. The van der Waals surface area contributed by atoms with Crippen molar-refractivity contribution in [1.29, 1.82) is 0 Å². The van der Waals surface area contributed by atoms with E-state index >= 15 is 0 Å². The lowest BCUT2D eigenvalue weighted by Crippen LogP contribution is -2.36. The van der Waals surface area contributed by atoms with E-state index in [-0.39, 0.29) is 19.3 Å². The fourth-order valence-corrected chi connectivity index (χ4v) is 5.89. The fourth-order valence-electron chi connectivity index (χ4n) is 1.36. The number of carboxylic acid groups (broad SMARTS) is 1. The van der Waals surface area contributed by atoms with Gasteiger partial charge in [-0.15, -0.1) is 11.3 Å². The van der Waals surface area contributed by atoms with Crippen LogP contribution in [-0.4, -0.2) is 41.8 Å². The zero-order valence-electron chi connectivity index (χ0n) is 10.0. The minimum atomic E-state index is -3.83. The van der Waals surface area contributed by atoms with Gasteiger partial charge in [0.25, 0.3) is 0 Å². The van der Waals surface area contributed by atoms with Crippen molar-refractivity contribution in [3.05, 3.63) is 14.7 Å². The molecule has 2 atom stereocenters. The highest BCUT2D eigenvalue weighted by molar-refractivity contribution is 9.11. The Kier molecular flexibility index (Phi) is 5.68. The highest BCUT2D eigenvalue weighted by atomic mass is 79.9. The number of sulfonamides is 1. The van der Waals surface area contributed by atoms with Crippen molar-refractivity contribution in [2.24, 2.45) is 0 Å². The number of thiophene rings is 1. The maximum Gasteiger partial charge on any atom is 0.345 e. The first-order valence-corrected chi connectivity index (χ1v) is 9.80. The highest BCUT2D eigenvalue weighted by Crippen LogP contribution is 2.31. The van der Waals surface area contributed by atoms with E-state index in [0.717, 1.165) is 17.4 Å². The van der Waals surface area contributed by atoms with Crippen LogP contribution in [0.5, 0.6) is 0 Å². The molecule has 108 valence electrons. The highest BCUT2D eigenvalue weighted by Gasteiger charge is 2.24. The van der Waals surface area contributed by atoms with Gasteiger partial charge in [-0.1, -0.05) is 0 Å². The molecule has 1 heterocycles. The van der Waals surface area contributed by atoms with Crippen LogP contribution >= 0.6 is 27.3 Å². The normalized spacial score (nSPS) is 15.1. The summed E-state index contributed by atoms with van der Waals surface area (Å²) in [5, 5.41) is 8.82. The predicted octanol–water partition coefficient (Wildman–Crippen LogP) is 1.25. The first kappa shape index (κ1) is 16.8. The average molecular weight is 390 g/mol. The van der Waals surface area contributed by atoms with E-state index in [4.69, 9.17) is 5.11 Å². The molecule has 0 aliphatic heterocycles. The molecule has 0 amide bonds. The fraction of sp³-hybridized carbons (Fsp3) is 0.444. The number of carboxylic acids is 1. The lowest BCUT2D eigenvalue weighted by atomic mass is 10.4. The third-order valence-electron chi connectivity index (χ3n) is 2.00. The molecule has 6 nitrogen and oxygen atoms in total. The van der Waals surface area contributed by atoms with Crippen molar-refractivity contribution >= 4 is 54.1 Å². The largest absolute Gasteiger partial charge is 0.477 e. The van der Waals surface area contributed by atoms with Crippen molar-refractivity contribution in [3.8, 4) is 0 Å². The molecule has 2 N–H and O–H groups in total. The van der Waals surface area contributed by atoms with Gasteiger partial charge in [-0.05, 0) is 28.9 Å². The Morgan fingerprint density at radius 1 is 1.63 bits per heavy atom. The summed E-state index contributed by atoms with van der Waals surface area (Å²) in [5.41, 5.74) is 0. The minimum Gasteiger partial charge on any atom is -0.477 e. The Balaban J connectivity index is 3.00. The van der Waals surface area contributed by atoms with E-state index in [1.165, 1.54) is 6.26 Å². The van der Waals surface area contributed by atoms with E-state index < -0.39 is 32.8 Å². The maximum atomic E-state index is 12.1. The lowest BCUT2D eigenvalue weighted by molar-refractivity contribution is 0.0702. The van der Waals surface area contributed by atoms with E-state index in [0.29, 0.717) is 0 Å². The van der Waals surface area contributed by atoms with Gasteiger partial charge in [0, 0.05) is 28.9 Å². The van der Waals surface area contributed by atoms with E-state index in [9.17, 15) is 17.4 Å². The Labute approximate surface area is 125 Å². The van der Waals surface area contributed by atoms with Gasteiger partial charge in [0.05, 0.1) is 3.79 Å². The molecule has 0 fully saturated rings. The second kappa shape index (κ2) is 6.44. The van der Waals surface area contributed by atoms with Crippen LogP contribution in [0.2, 0.25) is 0 Å². The standard InChI is InChI=1S/C9H12BrNO5S3/c1-5(4-18(2)14)11-19(15,16)7-3-6(9(12)13)17-8(7)10/h3,5,11H,4H2,1-2H3,(H,12,13). The van der Waals surface area contributed by atoms with Gasteiger partial charge in [0.2, 0.25) is 10.0 Å². The molecule has 0 aliphatic rings. The molecule has 1 rings (SSSR count). The molecule has 1 aromatic rings. The topological polar surface area (TPSA) is 101 Å². The number of nitrogens with one attached hydrogen (secondary N) is 1. The average Bonchev–Trinajstić information content (AvgIpc) is 2.58. The first-order valence-electron chi connectivity index (χ1n) is 4.98. The molecule has 0 saturated heterocycles. The number of carbonyl (C=O) groups is 1. The number of aromatic carboxylic acids is 1. The SMILES string of the molecule is CC(CS(C)=O)NS(=O)(=O)c1cc(C(=O)O)sc1Br. The number of halogens is 1. The monoisotopic (exact) mass is 389 g/mol. The first-order chi connectivity index (χ1) is 8.63. The van der Waals surface area contributed by atoms with Gasteiger partial charge in [-0.25, -0.2) is 17.9 Å². The van der Waals surface area contributed by atoms with Crippen LogP contribution in [0.25, 0.3) is 0 Å². The van der Waals surface area contributed by atoms with Crippen molar-refractivity contribution in [2.75, 3.05) is 12.0 Å². The summed E-state index contributed by atoms with van der Waals surface area (Å²) in [6, 6.07) is 0.589. The van der Waals surface area contributed by atoms with Crippen LogP contribution in [0.1, 0.15) is 16.6 Å². The van der Waals surface area contributed by atoms with Crippen molar-refractivity contribution in [1.82, 2.24) is 4.72 Å². The second-order valence-electron chi connectivity index (χ2n) is 3.82. The number of hydrogen-bond donors (Lipinski definition) is 2. The summed E-state index contributed by atoms with van der Waals surface area (Å²) in [6.45, 7) is 1.59. The Morgan fingerprint density at radius 3 is 2.63 bits per heavy atom. The number of rotatable bonds is 6. The van der Waals surface area contributed by atoms with E-state index in [1.807, 2.05) is 0 Å². The summed E-state index contributed by atoms with van der Waals surface area (Å²) in [4.78, 5) is 10.6. The molecule has 0 radical (unpaired) electrons. The van der Waals surface area contributed by atoms with Crippen LogP contribution < -0.4 is 4.72 Å². The van der Waals surface area contributed by atoms with Crippen molar-refractivity contribution in [2.45, 2.75) is 17.9 Å². The maximum absolute atomic E-state index is 12.1. The second-order valence-corrected chi connectivity index (χ2v) is 9.35.